The Morgan fingerprint density at radius 1 is 0.960 bits per heavy atom. The molecule has 0 aliphatic rings. The summed E-state index contributed by atoms with van der Waals surface area (Å²) in [5.74, 6) is -4.50. The van der Waals surface area contributed by atoms with E-state index in [-0.39, 0.29) is 6.42 Å². The molecule has 0 aliphatic carbocycles. The Bertz CT molecular complexity index is 479. The first kappa shape index (κ1) is 23.5. The van der Waals surface area contributed by atoms with Crippen LogP contribution in [0.4, 0.5) is 26.3 Å². The van der Waals surface area contributed by atoms with Crippen LogP contribution in [0.1, 0.15) is 48.0 Å². The van der Waals surface area contributed by atoms with E-state index in [4.69, 9.17) is 0 Å². The molecule has 0 heterocycles. The predicted octanol–water partition coefficient (Wildman–Crippen LogP) is 4.42. The zero-order valence-corrected chi connectivity index (χ0v) is 14.8. The summed E-state index contributed by atoms with van der Waals surface area (Å²) < 4.78 is 89.3. The van der Waals surface area contributed by atoms with Crippen molar-refractivity contribution in [2.24, 2.45) is 11.3 Å². The molecule has 0 fully saturated rings. The van der Waals surface area contributed by atoms with E-state index < -0.39 is 47.3 Å². The van der Waals surface area contributed by atoms with Gasteiger partial charge in [-0.1, -0.05) is 20.8 Å². The summed E-state index contributed by atoms with van der Waals surface area (Å²) in [5, 5.41) is 0. The Hall–Kier alpha value is -1.48. The van der Waals surface area contributed by atoms with Gasteiger partial charge in [-0.2, -0.15) is 26.3 Å². The van der Waals surface area contributed by atoms with Crippen LogP contribution in [0.5, 0.6) is 0 Å². The molecule has 148 valence electrons. The third-order valence-corrected chi connectivity index (χ3v) is 3.82. The van der Waals surface area contributed by atoms with Gasteiger partial charge in [-0.05, 0) is 26.2 Å². The number of ether oxygens (including phenoxy) is 2. The third kappa shape index (κ3) is 4.78. The maximum atomic E-state index is 13.5. The van der Waals surface area contributed by atoms with Gasteiger partial charge in [0, 0.05) is 6.92 Å². The summed E-state index contributed by atoms with van der Waals surface area (Å²) in [6, 6.07) is 0. The van der Waals surface area contributed by atoms with E-state index >= 15 is 0 Å². The molecule has 4 nitrogen and oxygen atoms in total. The molecule has 0 aromatic heterocycles. The number of hydrogen-bond acceptors (Lipinski definition) is 4. The minimum absolute atomic E-state index is 0.120. The lowest BCUT2D eigenvalue weighted by atomic mass is 9.85. The van der Waals surface area contributed by atoms with E-state index in [1.54, 1.807) is 0 Å². The summed E-state index contributed by atoms with van der Waals surface area (Å²) in [6.45, 7) is 6.60. The Labute approximate surface area is 141 Å². The molecule has 0 aliphatic heterocycles. The highest BCUT2D eigenvalue weighted by Crippen LogP contribution is 2.51. The van der Waals surface area contributed by atoms with Crippen LogP contribution < -0.4 is 0 Å². The Kier molecular flexibility index (Phi) is 6.97. The lowest BCUT2D eigenvalue weighted by Crippen LogP contribution is -2.68. The van der Waals surface area contributed by atoms with Crippen molar-refractivity contribution in [3.63, 3.8) is 0 Å². The predicted molar refractivity (Wildman–Crippen MR) is 75.4 cm³/mol. The molecule has 0 radical (unpaired) electrons. The zero-order chi connectivity index (χ0) is 20.4. The van der Waals surface area contributed by atoms with Crippen molar-refractivity contribution in [1.29, 1.82) is 0 Å². The molecule has 0 N–H and O–H groups in total. The van der Waals surface area contributed by atoms with Gasteiger partial charge in [0.1, 0.15) is 0 Å². The van der Waals surface area contributed by atoms with Gasteiger partial charge in [0.15, 0.2) is 6.10 Å². The number of rotatable bonds is 6. The van der Waals surface area contributed by atoms with E-state index in [2.05, 4.69) is 9.47 Å². The largest absolute Gasteiger partial charge is 0.457 e. The van der Waals surface area contributed by atoms with E-state index in [0.717, 1.165) is 13.8 Å². The van der Waals surface area contributed by atoms with E-state index in [1.807, 2.05) is 0 Å². The summed E-state index contributed by atoms with van der Waals surface area (Å²) in [4.78, 5) is 23.2. The SMILES string of the molecule is CCC(C)(C)C(=O)OC(C(C)C)C(OC(C)=O)(C(F)(F)F)C(F)(F)F. The van der Waals surface area contributed by atoms with Gasteiger partial charge in [-0.3, -0.25) is 9.59 Å². The van der Waals surface area contributed by atoms with Gasteiger partial charge in [-0.15, -0.1) is 0 Å². The van der Waals surface area contributed by atoms with Gasteiger partial charge < -0.3 is 9.47 Å². The van der Waals surface area contributed by atoms with Crippen LogP contribution in [0.2, 0.25) is 0 Å². The van der Waals surface area contributed by atoms with Crippen LogP contribution in [0, 0.1) is 11.3 Å². The van der Waals surface area contributed by atoms with Gasteiger partial charge in [0.2, 0.25) is 0 Å². The van der Waals surface area contributed by atoms with E-state index in [0.29, 0.717) is 6.92 Å². The first-order valence-corrected chi connectivity index (χ1v) is 7.48. The van der Waals surface area contributed by atoms with Gasteiger partial charge in [0.05, 0.1) is 5.41 Å². The number of alkyl halides is 6. The second kappa shape index (κ2) is 7.41. The molecule has 0 saturated carbocycles. The lowest BCUT2D eigenvalue weighted by Gasteiger charge is -2.43. The monoisotopic (exact) mass is 380 g/mol. The zero-order valence-electron chi connectivity index (χ0n) is 14.8. The van der Waals surface area contributed by atoms with Crippen LogP contribution in [0.25, 0.3) is 0 Å². The summed E-state index contributed by atoms with van der Waals surface area (Å²) >= 11 is 0. The number of esters is 2. The first-order chi connectivity index (χ1) is 10.9. The average Bonchev–Trinajstić information content (AvgIpc) is 2.38. The molecule has 10 heteroatoms. The van der Waals surface area contributed by atoms with Crippen molar-refractivity contribution in [3.8, 4) is 0 Å². The second-order valence-corrected chi connectivity index (χ2v) is 6.63. The van der Waals surface area contributed by atoms with Crippen LogP contribution in [0.15, 0.2) is 0 Å². The number of carbonyl (C=O) groups excluding carboxylic acids is 2. The normalized spacial score (nSPS) is 15.1. The molecule has 25 heavy (non-hydrogen) atoms. The topological polar surface area (TPSA) is 52.6 Å². The Morgan fingerprint density at radius 3 is 1.60 bits per heavy atom. The Morgan fingerprint density at radius 2 is 1.36 bits per heavy atom. The molecule has 0 saturated heterocycles. The fourth-order valence-corrected chi connectivity index (χ4v) is 1.99. The molecule has 1 unspecified atom stereocenters. The molecular formula is C15H22F6O4. The maximum Gasteiger partial charge on any atom is 0.441 e. The highest BCUT2D eigenvalue weighted by Gasteiger charge is 2.79. The fourth-order valence-electron chi connectivity index (χ4n) is 1.99. The van der Waals surface area contributed by atoms with E-state index in [1.165, 1.54) is 20.8 Å². The van der Waals surface area contributed by atoms with Crippen molar-refractivity contribution in [1.82, 2.24) is 0 Å². The smallest absolute Gasteiger partial charge is 0.441 e. The molecule has 0 aromatic carbocycles. The molecule has 0 rings (SSSR count). The van der Waals surface area contributed by atoms with E-state index in [9.17, 15) is 35.9 Å². The molecule has 0 bridgehead atoms. The molecule has 1 atom stereocenters. The highest BCUT2D eigenvalue weighted by atomic mass is 19.4. The van der Waals surface area contributed by atoms with Crippen LogP contribution >= 0.6 is 0 Å². The van der Waals surface area contributed by atoms with Crippen LogP contribution in [0.3, 0.4) is 0 Å². The Balaban J connectivity index is 6.41. The quantitative estimate of drug-likeness (QED) is 0.506. The average molecular weight is 380 g/mol. The molecule has 0 aromatic rings. The standard InChI is InChI=1S/C15H22F6O4/c1-7-12(5,6)11(23)24-10(8(2)3)13(14(16,17)18,15(19,20)21)25-9(4)22/h8,10H,7H2,1-6H3. The van der Waals surface area contributed by atoms with Gasteiger partial charge in [0.25, 0.3) is 0 Å². The number of hydrogen-bond donors (Lipinski definition) is 0. The minimum atomic E-state index is -6.05. The van der Waals surface area contributed by atoms with Crippen LogP contribution in [-0.2, 0) is 19.1 Å². The van der Waals surface area contributed by atoms with Gasteiger partial charge in [-0.25, -0.2) is 0 Å². The van der Waals surface area contributed by atoms with Crippen LogP contribution in [-0.4, -0.2) is 36.0 Å². The summed E-state index contributed by atoms with van der Waals surface area (Å²) in [7, 11) is 0. The third-order valence-electron chi connectivity index (χ3n) is 3.82. The maximum absolute atomic E-state index is 13.5. The highest BCUT2D eigenvalue weighted by molar-refractivity contribution is 5.76. The van der Waals surface area contributed by atoms with Crippen molar-refractivity contribution in [2.75, 3.05) is 0 Å². The van der Waals surface area contributed by atoms with Crippen molar-refractivity contribution >= 4 is 11.9 Å². The summed E-state index contributed by atoms with van der Waals surface area (Å²) in [5.41, 5.74) is -6.27. The molecule has 0 amide bonds. The molecular weight excluding hydrogens is 358 g/mol. The lowest BCUT2D eigenvalue weighted by molar-refractivity contribution is -0.396. The molecule has 0 spiro atoms. The van der Waals surface area contributed by atoms with Crippen molar-refractivity contribution in [3.05, 3.63) is 0 Å². The van der Waals surface area contributed by atoms with Crippen molar-refractivity contribution in [2.45, 2.75) is 72.0 Å². The van der Waals surface area contributed by atoms with Gasteiger partial charge >= 0.3 is 29.9 Å². The number of halogens is 6. The summed E-state index contributed by atoms with van der Waals surface area (Å²) in [6.07, 6.45) is -14.8. The minimum Gasteiger partial charge on any atom is -0.457 e. The van der Waals surface area contributed by atoms with Crippen molar-refractivity contribution < 1.29 is 45.4 Å². The number of carbonyl (C=O) groups is 2. The fraction of sp³-hybridized carbons (Fsp3) is 0.867. The first-order valence-electron chi connectivity index (χ1n) is 7.48. The second-order valence-electron chi connectivity index (χ2n) is 6.63.